The highest BCUT2D eigenvalue weighted by molar-refractivity contribution is 7.99. The Balaban J connectivity index is 0.000000561. The zero-order valence-corrected chi connectivity index (χ0v) is 8.22. The van der Waals surface area contributed by atoms with Crippen LogP contribution in [0.4, 0.5) is 0 Å². The number of aliphatic hydroxyl groups excluding tert-OH is 1. The van der Waals surface area contributed by atoms with Crippen molar-refractivity contribution in [3.63, 3.8) is 0 Å². The summed E-state index contributed by atoms with van der Waals surface area (Å²) in [5.41, 5.74) is 5.57. The number of nitrogens with two attached hydrogens (primary N) is 1. The Morgan fingerprint density at radius 3 is 2.42 bits per heavy atom. The van der Waals surface area contributed by atoms with E-state index in [0.29, 0.717) is 5.92 Å². The van der Waals surface area contributed by atoms with Crippen LogP contribution in [0.3, 0.4) is 0 Å². The monoisotopic (exact) mass is 191 g/mol. The molecule has 1 rings (SSSR count). The fourth-order valence-electron chi connectivity index (χ4n) is 1.21. The number of carbonyl (C=O) groups is 1. The van der Waals surface area contributed by atoms with Gasteiger partial charge in [0.15, 0.2) is 0 Å². The third-order valence-electron chi connectivity index (χ3n) is 1.97. The van der Waals surface area contributed by atoms with Crippen LogP contribution in [0.15, 0.2) is 0 Å². The Morgan fingerprint density at radius 1 is 1.50 bits per heavy atom. The highest BCUT2D eigenvalue weighted by Crippen LogP contribution is 2.23. The maximum atomic E-state index is 10.3. The summed E-state index contributed by atoms with van der Waals surface area (Å²) in [6.07, 6.45) is 3.11. The summed E-state index contributed by atoms with van der Waals surface area (Å²) in [6, 6.07) is -0.208. The minimum absolute atomic E-state index is 0.208. The Hall–Kier alpha value is -0.0600. The van der Waals surface area contributed by atoms with E-state index in [1.165, 1.54) is 11.5 Å². The van der Waals surface area contributed by atoms with Gasteiger partial charge < -0.3 is 15.6 Å². The Bertz CT molecular complexity index is 116. The van der Waals surface area contributed by atoms with Crippen molar-refractivity contribution in [2.24, 2.45) is 11.7 Å². The van der Waals surface area contributed by atoms with Crippen molar-refractivity contribution in [3.8, 4) is 0 Å². The van der Waals surface area contributed by atoms with Gasteiger partial charge in [0.1, 0.15) is 6.29 Å². The van der Waals surface area contributed by atoms with Crippen molar-refractivity contribution >= 4 is 18.0 Å². The lowest BCUT2D eigenvalue weighted by Gasteiger charge is -2.23. The smallest absolute Gasteiger partial charge is 0.136 e. The molecule has 0 aliphatic carbocycles. The van der Waals surface area contributed by atoms with E-state index in [0.717, 1.165) is 26.2 Å². The summed E-state index contributed by atoms with van der Waals surface area (Å²) in [5, 5.41) is 7.00. The molecule has 72 valence electrons. The van der Waals surface area contributed by atoms with E-state index in [1.807, 2.05) is 11.8 Å². The van der Waals surface area contributed by atoms with Crippen LogP contribution in [0.25, 0.3) is 0 Å². The fourth-order valence-corrected chi connectivity index (χ4v) is 2.35. The van der Waals surface area contributed by atoms with Crippen LogP contribution in [0.2, 0.25) is 0 Å². The van der Waals surface area contributed by atoms with Crippen molar-refractivity contribution in [2.75, 3.05) is 18.6 Å². The molecule has 0 amide bonds. The fraction of sp³-hybridized carbons (Fsp3) is 0.875. The van der Waals surface area contributed by atoms with Crippen molar-refractivity contribution in [2.45, 2.75) is 18.9 Å². The maximum absolute atomic E-state index is 10.3. The van der Waals surface area contributed by atoms with E-state index in [4.69, 9.17) is 10.8 Å². The van der Waals surface area contributed by atoms with Crippen molar-refractivity contribution in [1.29, 1.82) is 0 Å². The highest BCUT2D eigenvalue weighted by Gasteiger charge is 2.19. The molecule has 0 aromatic carbocycles. The van der Waals surface area contributed by atoms with Crippen LogP contribution < -0.4 is 5.73 Å². The van der Waals surface area contributed by atoms with Gasteiger partial charge in [-0.25, -0.2) is 0 Å². The number of hydrogen-bond acceptors (Lipinski definition) is 4. The molecule has 0 radical (unpaired) electrons. The van der Waals surface area contributed by atoms with Crippen LogP contribution in [-0.4, -0.2) is 36.1 Å². The largest absolute Gasteiger partial charge is 0.400 e. The van der Waals surface area contributed by atoms with E-state index in [2.05, 4.69) is 0 Å². The molecule has 1 saturated heterocycles. The predicted octanol–water partition coefficient (Wildman–Crippen LogP) is 0.264. The number of hydrogen-bond donors (Lipinski definition) is 2. The van der Waals surface area contributed by atoms with Crippen LogP contribution in [0.1, 0.15) is 12.8 Å². The molecule has 0 bridgehead atoms. The molecule has 1 aliphatic heterocycles. The van der Waals surface area contributed by atoms with Gasteiger partial charge >= 0.3 is 0 Å². The molecule has 1 fully saturated rings. The molecule has 0 aromatic rings. The average molecular weight is 191 g/mol. The number of carbonyl (C=O) groups excluding carboxylic acids is 1. The molecule has 1 unspecified atom stereocenters. The normalized spacial score (nSPS) is 20.6. The van der Waals surface area contributed by atoms with Gasteiger partial charge in [0.2, 0.25) is 0 Å². The second kappa shape index (κ2) is 7.58. The van der Waals surface area contributed by atoms with E-state index in [9.17, 15) is 4.79 Å². The van der Waals surface area contributed by atoms with Crippen LogP contribution in [0, 0.1) is 5.92 Å². The first-order chi connectivity index (χ1) is 5.84. The maximum Gasteiger partial charge on any atom is 0.136 e. The average Bonchev–Trinajstić information content (AvgIpc) is 2.21. The van der Waals surface area contributed by atoms with E-state index in [1.54, 1.807) is 0 Å². The third kappa shape index (κ3) is 4.09. The Labute approximate surface area is 77.7 Å². The lowest BCUT2D eigenvalue weighted by atomic mass is 9.95. The summed E-state index contributed by atoms with van der Waals surface area (Å²) in [5.74, 6) is 2.80. The highest BCUT2D eigenvalue weighted by atomic mass is 32.2. The summed E-state index contributed by atoms with van der Waals surface area (Å²) in [7, 11) is 1.00. The minimum Gasteiger partial charge on any atom is -0.400 e. The number of aldehydes is 1. The van der Waals surface area contributed by atoms with Gasteiger partial charge in [-0.3, -0.25) is 0 Å². The minimum atomic E-state index is -0.208. The molecule has 3 N–H and O–H groups in total. The third-order valence-corrected chi connectivity index (χ3v) is 3.02. The van der Waals surface area contributed by atoms with E-state index >= 15 is 0 Å². The van der Waals surface area contributed by atoms with Crippen LogP contribution in [0.5, 0.6) is 0 Å². The van der Waals surface area contributed by atoms with E-state index in [-0.39, 0.29) is 6.04 Å². The molecule has 0 saturated carbocycles. The molecule has 1 atom stereocenters. The van der Waals surface area contributed by atoms with Gasteiger partial charge in [-0.05, 0) is 30.3 Å². The van der Waals surface area contributed by atoms with Gasteiger partial charge in [0, 0.05) is 7.11 Å². The SMILES string of the molecule is CO.NC(C=O)C1CCSCC1. The van der Waals surface area contributed by atoms with Gasteiger partial charge in [-0.2, -0.15) is 11.8 Å². The first kappa shape index (κ1) is 11.9. The molecule has 0 aromatic heterocycles. The lowest BCUT2D eigenvalue weighted by Crippen LogP contribution is -2.33. The molecule has 4 heteroatoms. The molecule has 1 aliphatic rings. The molecule has 12 heavy (non-hydrogen) atoms. The molecule has 3 nitrogen and oxygen atoms in total. The zero-order chi connectivity index (χ0) is 9.40. The number of thioether (sulfide) groups is 1. The van der Waals surface area contributed by atoms with E-state index < -0.39 is 0 Å². The summed E-state index contributed by atoms with van der Waals surface area (Å²) < 4.78 is 0. The van der Waals surface area contributed by atoms with Gasteiger partial charge in [-0.15, -0.1) is 0 Å². The van der Waals surface area contributed by atoms with Gasteiger partial charge in [-0.1, -0.05) is 0 Å². The number of aliphatic hydroxyl groups is 1. The van der Waals surface area contributed by atoms with Crippen LogP contribution >= 0.6 is 11.8 Å². The molecular weight excluding hydrogens is 174 g/mol. The zero-order valence-electron chi connectivity index (χ0n) is 7.40. The lowest BCUT2D eigenvalue weighted by molar-refractivity contribution is -0.109. The first-order valence-corrected chi connectivity index (χ1v) is 5.23. The van der Waals surface area contributed by atoms with Crippen molar-refractivity contribution in [3.05, 3.63) is 0 Å². The summed E-state index contributed by atoms with van der Waals surface area (Å²) in [4.78, 5) is 10.3. The Morgan fingerprint density at radius 2 is 2.00 bits per heavy atom. The summed E-state index contributed by atoms with van der Waals surface area (Å²) in [6.45, 7) is 0. The second-order valence-corrected chi connectivity index (χ2v) is 3.89. The number of rotatable bonds is 2. The van der Waals surface area contributed by atoms with Crippen LogP contribution in [-0.2, 0) is 4.79 Å². The molecular formula is C8H17NO2S. The molecule has 1 heterocycles. The standard InChI is InChI=1S/C7H13NOS.CH4O/c8-7(5-9)6-1-3-10-4-2-6;1-2/h5-7H,1-4,8H2;2H,1H3. The molecule has 0 spiro atoms. The first-order valence-electron chi connectivity index (χ1n) is 4.08. The van der Waals surface area contributed by atoms with Gasteiger partial charge in [0.25, 0.3) is 0 Å². The van der Waals surface area contributed by atoms with Gasteiger partial charge in [0.05, 0.1) is 6.04 Å². The quantitative estimate of drug-likeness (QED) is 0.615. The Kier molecular flexibility index (Phi) is 7.54. The second-order valence-electron chi connectivity index (χ2n) is 2.66. The predicted molar refractivity (Wildman–Crippen MR) is 52.2 cm³/mol. The van der Waals surface area contributed by atoms with Crippen molar-refractivity contribution in [1.82, 2.24) is 0 Å². The topological polar surface area (TPSA) is 63.3 Å². The summed E-state index contributed by atoms with van der Waals surface area (Å²) >= 11 is 1.96. The van der Waals surface area contributed by atoms with Crippen molar-refractivity contribution < 1.29 is 9.90 Å².